The van der Waals surface area contributed by atoms with E-state index in [0.29, 0.717) is 18.7 Å². The van der Waals surface area contributed by atoms with Crippen molar-refractivity contribution in [1.82, 2.24) is 15.0 Å². The summed E-state index contributed by atoms with van der Waals surface area (Å²) < 4.78 is 4.95. The van der Waals surface area contributed by atoms with Gasteiger partial charge in [0.25, 0.3) is 5.56 Å². The van der Waals surface area contributed by atoms with Gasteiger partial charge in [-0.1, -0.05) is 30.3 Å². The third kappa shape index (κ3) is 3.99. The molecular weight excluding hydrogens is 326 g/mol. The lowest BCUT2D eigenvalue weighted by Crippen LogP contribution is -2.26. The third-order valence-corrected chi connectivity index (χ3v) is 4.50. The minimum absolute atomic E-state index is 0.0203. The first-order valence-corrected chi connectivity index (χ1v) is 8.41. The second kappa shape index (κ2) is 7.27. The fraction of sp³-hybridized carbons (Fsp3) is 0.235. The first-order valence-electron chi connectivity index (χ1n) is 7.53. The van der Waals surface area contributed by atoms with Crippen LogP contribution < -0.4 is 5.56 Å². The van der Waals surface area contributed by atoms with Gasteiger partial charge in [-0.15, -0.1) is 11.3 Å². The Morgan fingerprint density at radius 3 is 2.83 bits per heavy atom. The van der Waals surface area contributed by atoms with E-state index in [4.69, 9.17) is 4.52 Å². The van der Waals surface area contributed by atoms with Gasteiger partial charge in [0.1, 0.15) is 10.8 Å². The van der Waals surface area contributed by atoms with Crippen LogP contribution in [-0.2, 0) is 17.8 Å². The number of H-pyrrole nitrogens is 1. The molecule has 0 radical (unpaired) electrons. The van der Waals surface area contributed by atoms with Crippen molar-refractivity contribution in [2.75, 3.05) is 7.05 Å². The molecule has 1 amide bonds. The number of carbonyl (C=O) groups is 1. The molecule has 0 unspecified atom stereocenters. The number of thiazole rings is 1. The Hall–Kier alpha value is -2.67. The summed E-state index contributed by atoms with van der Waals surface area (Å²) in [4.78, 5) is 29.4. The highest BCUT2D eigenvalue weighted by Crippen LogP contribution is 2.23. The largest absolute Gasteiger partial charge is 0.384 e. The van der Waals surface area contributed by atoms with E-state index >= 15 is 0 Å². The molecule has 2 aromatic heterocycles. The molecule has 1 N–H and O–H groups in total. The lowest BCUT2D eigenvalue weighted by Gasteiger charge is -2.15. The zero-order valence-corrected chi connectivity index (χ0v) is 14.0. The fourth-order valence-electron chi connectivity index (χ4n) is 2.29. The van der Waals surface area contributed by atoms with Crippen LogP contribution in [0.1, 0.15) is 17.9 Å². The molecule has 3 aromatic rings. The SMILES string of the molecule is CN(Cc1csc(-c2ccccc2)n1)C(=O)CCc1cc(=O)[nH]o1. The van der Waals surface area contributed by atoms with Crippen LogP contribution in [0, 0.1) is 0 Å². The number of hydrogen-bond acceptors (Lipinski definition) is 5. The van der Waals surface area contributed by atoms with Gasteiger partial charge >= 0.3 is 0 Å². The molecule has 0 bridgehead atoms. The van der Waals surface area contributed by atoms with Crippen LogP contribution in [0.25, 0.3) is 10.6 Å². The highest BCUT2D eigenvalue weighted by molar-refractivity contribution is 7.13. The molecule has 0 atom stereocenters. The average Bonchev–Trinajstić information content (AvgIpc) is 3.22. The quantitative estimate of drug-likeness (QED) is 0.746. The van der Waals surface area contributed by atoms with Crippen molar-refractivity contribution in [3.63, 3.8) is 0 Å². The van der Waals surface area contributed by atoms with Crippen LogP contribution in [0.3, 0.4) is 0 Å². The first-order chi connectivity index (χ1) is 11.6. The molecule has 0 saturated carbocycles. The molecule has 6 nitrogen and oxygen atoms in total. The molecule has 2 heterocycles. The highest BCUT2D eigenvalue weighted by atomic mass is 32.1. The maximum atomic E-state index is 12.2. The fourth-order valence-corrected chi connectivity index (χ4v) is 3.11. The van der Waals surface area contributed by atoms with E-state index in [0.717, 1.165) is 16.3 Å². The monoisotopic (exact) mass is 343 g/mol. The minimum atomic E-state index is -0.290. The van der Waals surface area contributed by atoms with Crippen LogP contribution in [-0.4, -0.2) is 28.0 Å². The Bertz CT molecular complexity index is 866. The number of rotatable bonds is 6. The number of carbonyl (C=O) groups excluding carboxylic acids is 1. The van der Waals surface area contributed by atoms with Gasteiger partial charge in [0.05, 0.1) is 12.2 Å². The summed E-state index contributed by atoms with van der Waals surface area (Å²) in [5, 5.41) is 5.13. The number of aromatic nitrogens is 2. The molecule has 7 heteroatoms. The van der Waals surface area contributed by atoms with Crippen molar-refractivity contribution in [3.8, 4) is 10.6 Å². The maximum Gasteiger partial charge on any atom is 0.280 e. The standard InChI is InChI=1S/C17H17N3O3S/c1-20(16(22)8-7-14-9-15(21)19-23-14)10-13-11-24-17(18-13)12-5-3-2-4-6-12/h2-6,9,11H,7-8,10H2,1H3,(H,19,21). The van der Waals surface area contributed by atoms with Crippen molar-refractivity contribution >= 4 is 17.2 Å². The predicted octanol–water partition coefficient (Wildman–Crippen LogP) is 2.68. The van der Waals surface area contributed by atoms with Gasteiger partial charge in [-0.05, 0) is 0 Å². The van der Waals surface area contributed by atoms with Gasteiger partial charge in [-0.2, -0.15) is 5.16 Å². The normalized spacial score (nSPS) is 10.7. The van der Waals surface area contributed by atoms with Crippen molar-refractivity contribution < 1.29 is 9.32 Å². The Morgan fingerprint density at radius 2 is 2.12 bits per heavy atom. The number of aromatic amines is 1. The smallest absolute Gasteiger partial charge is 0.280 e. The van der Waals surface area contributed by atoms with Crippen LogP contribution in [0.4, 0.5) is 0 Å². The summed E-state index contributed by atoms with van der Waals surface area (Å²) >= 11 is 1.57. The predicted molar refractivity (Wildman–Crippen MR) is 91.7 cm³/mol. The summed E-state index contributed by atoms with van der Waals surface area (Å²) in [5.74, 6) is 0.467. The van der Waals surface area contributed by atoms with Gasteiger partial charge in [-0.3, -0.25) is 9.59 Å². The van der Waals surface area contributed by atoms with Crippen LogP contribution in [0.2, 0.25) is 0 Å². The Kier molecular flexibility index (Phi) is 4.90. The van der Waals surface area contributed by atoms with Gasteiger partial charge in [-0.25, -0.2) is 4.98 Å². The van der Waals surface area contributed by atoms with Gasteiger partial charge in [0, 0.05) is 36.9 Å². The number of amides is 1. The lowest BCUT2D eigenvalue weighted by molar-refractivity contribution is -0.130. The lowest BCUT2D eigenvalue weighted by atomic mass is 10.2. The molecule has 0 spiro atoms. The van der Waals surface area contributed by atoms with E-state index in [-0.39, 0.29) is 17.9 Å². The van der Waals surface area contributed by atoms with Crippen LogP contribution in [0.15, 0.2) is 51.1 Å². The summed E-state index contributed by atoms with van der Waals surface area (Å²) in [6, 6.07) is 11.3. The molecular formula is C17H17N3O3S. The van der Waals surface area contributed by atoms with E-state index in [2.05, 4.69) is 10.1 Å². The van der Waals surface area contributed by atoms with Crippen molar-refractivity contribution in [2.45, 2.75) is 19.4 Å². The number of nitrogens with one attached hydrogen (secondary N) is 1. The number of nitrogens with zero attached hydrogens (tertiary/aromatic N) is 2. The number of hydrogen-bond donors (Lipinski definition) is 1. The molecule has 1 aromatic carbocycles. The first kappa shape index (κ1) is 16.2. The summed E-state index contributed by atoms with van der Waals surface area (Å²) in [6.07, 6.45) is 0.682. The third-order valence-electron chi connectivity index (χ3n) is 3.56. The van der Waals surface area contributed by atoms with Crippen LogP contribution >= 0.6 is 11.3 Å². The van der Waals surface area contributed by atoms with Crippen LogP contribution in [0.5, 0.6) is 0 Å². The van der Waals surface area contributed by atoms with Crippen molar-refractivity contribution in [1.29, 1.82) is 0 Å². The Morgan fingerprint density at radius 1 is 1.33 bits per heavy atom. The molecule has 0 fully saturated rings. The minimum Gasteiger partial charge on any atom is -0.384 e. The molecule has 0 aliphatic rings. The summed E-state index contributed by atoms with van der Waals surface area (Å²) in [6.45, 7) is 0.458. The second-order valence-corrected chi connectivity index (χ2v) is 6.30. The Labute approximate surface area is 142 Å². The molecule has 0 aliphatic heterocycles. The molecule has 24 heavy (non-hydrogen) atoms. The summed E-state index contributed by atoms with van der Waals surface area (Å²) in [7, 11) is 1.75. The molecule has 124 valence electrons. The maximum absolute atomic E-state index is 12.2. The summed E-state index contributed by atoms with van der Waals surface area (Å²) in [5.41, 5.74) is 1.65. The second-order valence-electron chi connectivity index (χ2n) is 5.44. The highest BCUT2D eigenvalue weighted by Gasteiger charge is 2.13. The zero-order valence-electron chi connectivity index (χ0n) is 13.2. The van der Waals surface area contributed by atoms with Gasteiger partial charge in [0.15, 0.2) is 0 Å². The average molecular weight is 343 g/mol. The topological polar surface area (TPSA) is 79.2 Å². The van der Waals surface area contributed by atoms with E-state index in [9.17, 15) is 9.59 Å². The number of aryl methyl sites for hydroxylation is 1. The number of benzene rings is 1. The zero-order chi connectivity index (χ0) is 16.9. The van der Waals surface area contributed by atoms with E-state index < -0.39 is 0 Å². The van der Waals surface area contributed by atoms with Gasteiger partial charge < -0.3 is 9.42 Å². The van der Waals surface area contributed by atoms with Crippen molar-refractivity contribution in [3.05, 3.63) is 63.6 Å². The van der Waals surface area contributed by atoms with E-state index in [1.54, 1.807) is 23.3 Å². The Balaban J connectivity index is 1.56. The molecule has 3 rings (SSSR count). The molecule has 0 aliphatic carbocycles. The van der Waals surface area contributed by atoms with E-state index in [1.807, 2.05) is 35.7 Å². The van der Waals surface area contributed by atoms with Crippen molar-refractivity contribution in [2.24, 2.45) is 0 Å². The molecule has 0 saturated heterocycles. The van der Waals surface area contributed by atoms with Gasteiger partial charge in [0.2, 0.25) is 5.91 Å². The van der Waals surface area contributed by atoms with E-state index in [1.165, 1.54) is 6.07 Å².